The zero-order valence-corrected chi connectivity index (χ0v) is 10.1. The molecule has 3 N–H and O–H groups in total. The lowest BCUT2D eigenvalue weighted by Gasteiger charge is -2.38. The topological polar surface area (TPSA) is 83.6 Å². The molecule has 92 valence electrons. The van der Waals surface area contributed by atoms with E-state index in [0.29, 0.717) is 13.1 Å². The van der Waals surface area contributed by atoms with Crippen LogP contribution in [0.5, 0.6) is 0 Å². The van der Waals surface area contributed by atoms with Crippen LogP contribution >= 0.6 is 0 Å². The molecule has 1 fully saturated rings. The van der Waals surface area contributed by atoms with Crippen molar-refractivity contribution in [3.63, 3.8) is 0 Å². The number of nitrogens with two attached hydrogens (primary N) is 1. The van der Waals surface area contributed by atoms with E-state index in [1.54, 1.807) is 4.90 Å². The summed E-state index contributed by atoms with van der Waals surface area (Å²) in [5, 5.41) is 8.68. The maximum Gasteiger partial charge on any atom is 0.310 e. The summed E-state index contributed by atoms with van der Waals surface area (Å²) in [6.07, 6.45) is 0.288. The van der Waals surface area contributed by atoms with Crippen LogP contribution in [0.15, 0.2) is 0 Å². The number of carboxylic acid groups (broad SMARTS) is 1. The van der Waals surface area contributed by atoms with Gasteiger partial charge in [-0.3, -0.25) is 9.59 Å². The number of rotatable bonds is 3. The number of carbonyl (C=O) groups excluding carboxylic acids is 1. The number of aliphatic carboxylic acids is 1. The number of nitrogens with zero attached hydrogens (tertiary/aromatic N) is 1. The predicted octanol–water partition coefficient (Wildman–Crippen LogP) is 0.293. The fraction of sp³-hybridized carbons (Fsp3) is 0.818. The standard InChI is InChI=1S/C11H20N2O3/c1-11(2,3)8(12)4-9(14)13-5-7(6-13)10(15)16/h7-8H,4-6,12H2,1-3H3,(H,15,16). The molecular formula is C11H20N2O3. The van der Waals surface area contributed by atoms with Crippen molar-refractivity contribution in [2.45, 2.75) is 33.2 Å². The second-order valence-electron chi connectivity index (χ2n) is 5.51. The van der Waals surface area contributed by atoms with Gasteiger partial charge < -0.3 is 15.7 Å². The first-order chi connectivity index (χ1) is 7.21. The third-order valence-electron chi connectivity index (χ3n) is 3.09. The van der Waals surface area contributed by atoms with Crippen LogP contribution in [0.25, 0.3) is 0 Å². The molecular weight excluding hydrogens is 208 g/mol. The maximum absolute atomic E-state index is 11.7. The Hall–Kier alpha value is -1.10. The molecule has 1 aliphatic rings. The highest BCUT2D eigenvalue weighted by atomic mass is 16.4. The van der Waals surface area contributed by atoms with E-state index in [1.807, 2.05) is 20.8 Å². The van der Waals surface area contributed by atoms with Crippen LogP contribution in [-0.2, 0) is 9.59 Å². The Labute approximate surface area is 95.6 Å². The van der Waals surface area contributed by atoms with Crippen LogP contribution in [0, 0.1) is 11.3 Å². The fourth-order valence-electron chi connectivity index (χ4n) is 1.46. The lowest BCUT2D eigenvalue weighted by Crippen LogP contribution is -2.54. The minimum atomic E-state index is -0.829. The highest BCUT2D eigenvalue weighted by Gasteiger charge is 2.36. The lowest BCUT2D eigenvalue weighted by molar-refractivity contribution is -0.153. The first-order valence-electron chi connectivity index (χ1n) is 5.48. The summed E-state index contributed by atoms with van der Waals surface area (Å²) in [6.45, 7) is 6.61. The number of hydrogen-bond acceptors (Lipinski definition) is 3. The van der Waals surface area contributed by atoms with Gasteiger partial charge in [0.05, 0.1) is 5.92 Å². The quantitative estimate of drug-likeness (QED) is 0.727. The summed E-state index contributed by atoms with van der Waals surface area (Å²) in [6, 6.07) is -0.191. The molecule has 1 unspecified atom stereocenters. The number of hydrogen-bond donors (Lipinski definition) is 2. The molecule has 0 aromatic rings. The highest BCUT2D eigenvalue weighted by Crippen LogP contribution is 2.23. The van der Waals surface area contributed by atoms with Crippen LogP contribution < -0.4 is 5.73 Å². The molecule has 1 rings (SSSR count). The van der Waals surface area contributed by atoms with Gasteiger partial charge in [-0.05, 0) is 5.41 Å². The molecule has 0 aromatic heterocycles. The predicted molar refractivity (Wildman–Crippen MR) is 59.8 cm³/mol. The molecule has 0 spiro atoms. The molecule has 1 aliphatic heterocycles. The fourth-order valence-corrected chi connectivity index (χ4v) is 1.46. The van der Waals surface area contributed by atoms with Crippen molar-refractivity contribution in [2.75, 3.05) is 13.1 Å². The maximum atomic E-state index is 11.7. The van der Waals surface area contributed by atoms with Gasteiger partial charge in [-0.25, -0.2) is 0 Å². The number of carboxylic acids is 1. The Morgan fingerprint density at radius 2 is 1.94 bits per heavy atom. The zero-order valence-electron chi connectivity index (χ0n) is 10.1. The summed E-state index contributed by atoms with van der Waals surface area (Å²) in [5.41, 5.74) is 5.79. The molecule has 16 heavy (non-hydrogen) atoms. The van der Waals surface area contributed by atoms with Gasteiger partial charge in [0, 0.05) is 25.6 Å². The van der Waals surface area contributed by atoms with E-state index in [4.69, 9.17) is 10.8 Å². The van der Waals surface area contributed by atoms with Gasteiger partial charge in [-0.15, -0.1) is 0 Å². The largest absolute Gasteiger partial charge is 0.481 e. The van der Waals surface area contributed by atoms with Crippen LogP contribution in [0.3, 0.4) is 0 Å². The van der Waals surface area contributed by atoms with Crippen molar-refractivity contribution in [2.24, 2.45) is 17.1 Å². The second-order valence-corrected chi connectivity index (χ2v) is 5.51. The Bertz CT molecular complexity index is 290. The van der Waals surface area contributed by atoms with Crippen molar-refractivity contribution in [1.29, 1.82) is 0 Å². The molecule has 0 radical (unpaired) electrons. The Balaban J connectivity index is 2.36. The van der Waals surface area contributed by atoms with E-state index in [1.165, 1.54) is 0 Å². The minimum Gasteiger partial charge on any atom is -0.481 e. The average Bonchev–Trinajstić information content (AvgIpc) is 1.97. The average molecular weight is 228 g/mol. The first-order valence-corrected chi connectivity index (χ1v) is 5.48. The zero-order chi connectivity index (χ0) is 12.5. The molecule has 5 nitrogen and oxygen atoms in total. The normalized spacial score (nSPS) is 19.1. The molecule has 0 aliphatic carbocycles. The molecule has 0 bridgehead atoms. The molecule has 1 amide bonds. The van der Waals surface area contributed by atoms with Crippen molar-refractivity contribution in [3.05, 3.63) is 0 Å². The van der Waals surface area contributed by atoms with Gasteiger partial charge in [-0.2, -0.15) is 0 Å². The smallest absolute Gasteiger partial charge is 0.310 e. The van der Waals surface area contributed by atoms with Gasteiger partial charge in [0.2, 0.25) is 5.91 Å². The first kappa shape index (κ1) is 13.0. The third-order valence-corrected chi connectivity index (χ3v) is 3.09. The van der Waals surface area contributed by atoms with Crippen LogP contribution in [0.1, 0.15) is 27.2 Å². The van der Waals surface area contributed by atoms with E-state index >= 15 is 0 Å². The summed E-state index contributed by atoms with van der Waals surface area (Å²) in [7, 11) is 0. The number of likely N-dealkylation sites (tertiary alicyclic amines) is 1. The summed E-state index contributed by atoms with van der Waals surface area (Å²) < 4.78 is 0. The van der Waals surface area contributed by atoms with Gasteiger partial charge in [0.15, 0.2) is 0 Å². The van der Waals surface area contributed by atoms with Crippen molar-refractivity contribution in [1.82, 2.24) is 4.90 Å². The van der Waals surface area contributed by atoms with Crippen LogP contribution in [0.2, 0.25) is 0 Å². The third kappa shape index (κ3) is 2.95. The molecule has 0 saturated carbocycles. The van der Waals surface area contributed by atoms with E-state index in [-0.39, 0.29) is 23.8 Å². The molecule has 5 heteroatoms. The molecule has 1 saturated heterocycles. The summed E-state index contributed by atoms with van der Waals surface area (Å²) in [4.78, 5) is 23.8. The van der Waals surface area contributed by atoms with Gasteiger partial charge in [0.1, 0.15) is 0 Å². The molecule has 1 atom stereocenters. The summed E-state index contributed by atoms with van der Waals surface area (Å²) in [5.74, 6) is -1.26. The monoisotopic (exact) mass is 228 g/mol. The van der Waals surface area contributed by atoms with E-state index < -0.39 is 11.9 Å². The summed E-state index contributed by atoms with van der Waals surface area (Å²) >= 11 is 0. The van der Waals surface area contributed by atoms with Crippen LogP contribution in [0.4, 0.5) is 0 Å². The van der Waals surface area contributed by atoms with Crippen molar-refractivity contribution in [3.8, 4) is 0 Å². The van der Waals surface area contributed by atoms with E-state index in [2.05, 4.69) is 0 Å². The van der Waals surface area contributed by atoms with Gasteiger partial charge in [0.25, 0.3) is 0 Å². The Morgan fingerprint density at radius 1 is 1.44 bits per heavy atom. The SMILES string of the molecule is CC(C)(C)C(N)CC(=O)N1CC(C(=O)O)C1. The second kappa shape index (κ2) is 4.41. The van der Waals surface area contributed by atoms with Crippen molar-refractivity contribution >= 4 is 11.9 Å². The van der Waals surface area contributed by atoms with E-state index in [9.17, 15) is 9.59 Å². The van der Waals surface area contributed by atoms with Gasteiger partial charge in [-0.1, -0.05) is 20.8 Å². The molecule has 1 heterocycles. The number of carbonyl (C=O) groups is 2. The van der Waals surface area contributed by atoms with Crippen LogP contribution in [-0.4, -0.2) is 41.0 Å². The lowest BCUT2D eigenvalue weighted by atomic mass is 9.85. The van der Waals surface area contributed by atoms with Gasteiger partial charge >= 0.3 is 5.97 Å². The number of amides is 1. The molecule has 0 aromatic carbocycles. The minimum absolute atomic E-state index is 0.0417. The van der Waals surface area contributed by atoms with E-state index in [0.717, 1.165) is 0 Å². The highest BCUT2D eigenvalue weighted by molar-refractivity contribution is 5.81. The van der Waals surface area contributed by atoms with Crippen molar-refractivity contribution < 1.29 is 14.7 Å². The Morgan fingerprint density at radius 3 is 2.31 bits per heavy atom. The Kier molecular flexibility index (Phi) is 3.57.